The predicted octanol–water partition coefficient (Wildman–Crippen LogP) is 2.73. The number of carbonyl (C=O) groups excluding carboxylic acids is 1. The summed E-state index contributed by atoms with van der Waals surface area (Å²) in [5.41, 5.74) is 2.81. The van der Waals surface area contributed by atoms with Gasteiger partial charge in [0.2, 0.25) is 0 Å². The molecule has 2 aromatic rings. The number of carbonyl (C=O) groups is 1. The van der Waals surface area contributed by atoms with Gasteiger partial charge in [-0.1, -0.05) is 30.3 Å². The van der Waals surface area contributed by atoms with E-state index < -0.39 is 5.60 Å². The Balaban J connectivity index is 1.56. The number of hydrogen-bond donors (Lipinski definition) is 1. The van der Waals surface area contributed by atoms with Gasteiger partial charge in [-0.15, -0.1) is 0 Å². The highest BCUT2D eigenvalue weighted by molar-refractivity contribution is 5.84. The van der Waals surface area contributed by atoms with E-state index in [1.54, 1.807) is 13.8 Å². The zero-order valence-electron chi connectivity index (χ0n) is 16.8. The van der Waals surface area contributed by atoms with Crippen molar-refractivity contribution in [3.8, 4) is 0 Å². The zero-order chi connectivity index (χ0) is 19.8. The van der Waals surface area contributed by atoms with Crippen LogP contribution in [0.4, 0.5) is 0 Å². The number of nitrogens with zero attached hydrogens (tertiary/aromatic N) is 3. The minimum absolute atomic E-state index is 0.0629. The summed E-state index contributed by atoms with van der Waals surface area (Å²) in [7, 11) is 0. The summed E-state index contributed by atoms with van der Waals surface area (Å²) in [4.78, 5) is 21.1. The van der Waals surface area contributed by atoms with Crippen LogP contribution in [-0.2, 0) is 23.3 Å². The van der Waals surface area contributed by atoms with Crippen LogP contribution in [0.3, 0.4) is 0 Å². The van der Waals surface area contributed by atoms with Crippen LogP contribution < -0.4 is 0 Å². The molecule has 4 rings (SSSR count). The highest BCUT2D eigenvalue weighted by Crippen LogP contribution is 2.42. The molecule has 5 nitrogen and oxygen atoms in total. The zero-order valence-corrected chi connectivity index (χ0v) is 16.8. The highest BCUT2D eigenvalue weighted by atomic mass is 16.3. The summed E-state index contributed by atoms with van der Waals surface area (Å²) < 4.78 is 0. The first-order valence-electron chi connectivity index (χ1n) is 10.1. The lowest BCUT2D eigenvalue weighted by molar-refractivity contribution is -0.149. The summed E-state index contributed by atoms with van der Waals surface area (Å²) in [5.74, 6) is -0.168. The molecule has 0 unspecified atom stereocenters. The number of benzene rings is 1. The monoisotopic (exact) mass is 379 g/mol. The van der Waals surface area contributed by atoms with Gasteiger partial charge in [0.05, 0.1) is 0 Å². The third-order valence-corrected chi connectivity index (χ3v) is 6.17. The summed E-state index contributed by atoms with van der Waals surface area (Å²) in [5, 5.41) is 10.1. The summed E-state index contributed by atoms with van der Waals surface area (Å²) in [6.07, 6.45) is 5.61. The van der Waals surface area contributed by atoms with E-state index in [1.807, 2.05) is 23.4 Å². The maximum atomic E-state index is 12.5. The summed E-state index contributed by atoms with van der Waals surface area (Å²) >= 11 is 0. The van der Waals surface area contributed by atoms with Crippen LogP contribution in [0.15, 0.2) is 48.8 Å². The van der Waals surface area contributed by atoms with Gasteiger partial charge in [0.15, 0.2) is 0 Å². The molecule has 0 aliphatic carbocycles. The number of piperidine rings is 1. The van der Waals surface area contributed by atoms with Gasteiger partial charge in [-0.3, -0.25) is 14.7 Å². The first-order valence-corrected chi connectivity index (χ1v) is 10.1. The SMILES string of the molecule is CC(C)(O)C(=O)N1CCC2(CC1)CN(Cc1cccnc1)Cc1ccccc12. The molecular formula is C23H29N3O2. The Morgan fingerprint density at radius 2 is 1.93 bits per heavy atom. The van der Waals surface area contributed by atoms with Crippen LogP contribution in [0.25, 0.3) is 0 Å². The van der Waals surface area contributed by atoms with Crippen molar-refractivity contribution in [2.45, 2.75) is 50.8 Å². The summed E-state index contributed by atoms with van der Waals surface area (Å²) in [6.45, 7) is 7.35. The fourth-order valence-electron chi connectivity index (χ4n) is 4.80. The molecule has 0 radical (unpaired) electrons. The molecule has 28 heavy (non-hydrogen) atoms. The predicted molar refractivity (Wildman–Crippen MR) is 109 cm³/mol. The lowest BCUT2D eigenvalue weighted by Gasteiger charge is -2.49. The van der Waals surface area contributed by atoms with Crippen molar-refractivity contribution < 1.29 is 9.90 Å². The first-order chi connectivity index (χ1) is 13.4. The minimum Gasteiger partial charge on any atom is -0.381 e. The average Bonchev–Trinajstić information content (AvgIpc) is 2.68. The Morgan fingerprint density at radius 3 is 2.61 bits per heavy atom. The van der Waals surface area contributed by atoms with Crippen LogP contribution in [0.1, 0.15) is 43.4 Å². The second-order valence-electron chi connectivity index (χ2n) is 8.80. The van der Waals surface area contributed by atoms with Crippen LogP contribution in [0, 0.1) is 0 Å². The van der Waals surface area contributed by atoms with Crippen molar-refractivity contribution in [1.29, 1.82) is 0 Å². The maximum Gasteiger partial charge on any atom is 0.253 e. The second kappa shape index (κ2) is 7.30. The molecule has 1 spiro atoms. The largest absolute Gasteiger partial charge is 0.381 e. The van der Waals surface area contributed by atoms with Gasteiger partial charge in [0, 0.05) is 50.5 Å². The lowest BCUT2D eigenvalue weighted by Crippen LogP contribution is -2.55. The van der Waals surface area contributed by atoms with Gasteiger partial charge in [-0.25, -0.2) is 0 Å². The van der Waals surface area contributed by atoms with Crippen LogP contribution in [0.5, 0.6) is 0 Å². The third-order valence-electron chi connectivity index (χ3n) is 6.17. The molecule has 1 saturated heterocycles. The number of likely N-dealkylation sites (tertiary alicyclic amines) is 1. The van der Waals surface area contributed by atoms with Crippen molar-refractivity contribution in [1.82, 2.24) is 14.8 Å². The molecule has 1 aromatic carbocycles. The van der Waals surface area contributed by atoms with Crippen molar-refractivity contribution in [3.05, 3.63) is 65.5 Å². The molecule has 148 valence electrons. The van der Waals surface area contributed by atoms with Gasteiger partial charge in [0.25, 0.3) is 5.91 Å². The molecule has 1 amide bonds. The van der Waals surface area contributed by atoms with Gasteiger partial charge in [-0.2, -0.15) is 0 Å². The number of aromatic nitrogens is 1. The molecule has 5 heteroatoms. The van der Waals surface area contributed by atoms with E-state index in [0.717, 1.165) is 32.5 Å². The Kier molecular flexibility index (Phi) is 4.98. The summed E-state index contributed by atoms with van der Waals surface area (Å²) in [6, 6.07) is 12.9. The van der Waals surface area contributed by atoms with Crippen molar-refractivity contribution >= 4 is 5.91 Å². The van der Waals surface area contributed by atoms with Crippen LogP contribution in [0.2, 0.25) is 0 Å². The molecular weight excluding hydrogens is 350 g/mol. The van der Waals surface area contributed by atoms with E-state index in [4.69, 9.17) is 0 Å². The topological polar surface area (TPSA) is 56.7 Å². The molecule has 2 aliphatic rings. The van der Waals surface area contributed by atoms with Gasteiger partial charge in [0.1, 0.15) is 5.60 Å². The van der Waals surface area contributed by atoms with Crippen molar-refractivity contribution in [3.63, 3.8) is 0 Å². The molecule has 2 aliphatic heterocycles. The first kappa shape index (κ1) is 19.1. The molecule has 0 atom stereocenters. The second-order valence-corrected chi connectivity index (χ2v) is 8.80. The fourth-order valence-corrected chi connectivity index (χ4v) is 4.80. The van der Waals surface area contributed by atoms with E-state index in [0.29, 0.717) is 13.1 Å². The van der Waals surface area contributed by atoms with E-state index >= 15 is 0 Å². The number of pyridine rings is 1. The number of rotatable bonds is 3. The highest BCUT2D eigenvalue weighted by Gasteiger charge is 2.43. The number of amides is 1. The molecule has 1 fully saturated rings. The van der Waals surface area contributed by atoms with E-state index in [-0.39, 0.29) is 11.3 Å². The van der Waals surface area contributed by atoms with E-state index in [9.17, 15) is 9.90 Å². The lowest BCUT2D eigenvalue weighted by atomic mass is 9.68. The maximum absolute atomic E-state index is 12.5. The minimum atomic E-state index is -1.30. The van der Waals surface area contributed by atoms with Crippen molar-refractivity contribution in [2.75, 3.05) is 19.6 Å². The van der Waals surface area contributed by atoms with E-state index in [1.165, 1.54) is 16.7 Å². The number of fused-ring (bicyclic) bond motifs is 2. The molecule has 1 N–H and O–H groups in total. The van der Waals surface area contributed by atoms with Gasteiger partial charge >= 0.3 is 0 Å². The third kappa shape index (κ3) is 3.69. The van der Waals surface area contributed by atoms with Crippen molar-refractivity contribution in [2.24, 2.45) is 0 Å². The number of aliphatic hydroxyl groups is 1. The van der Waals surface area contributed by atoms with Crippen LogP contribution in [-0.4, -0.2) is 51.0 Å². The Hall–Kier alpha value is -2.24. The Labute approximate surface area is 167 Å². The Morgan fingerprint density at radius 1 is 1.18 bits per heavy atom. The fraction of sp³-hybridized carbons (Fsp3) is 0.478. The average molecular weight is 380 g/mol. The van der Waals surface area contributed by atoms with Crippen LogP contribution >= 0.6 is 0 Å². The Bertz CT molecular complexity index is 836. The van der Waals surface area contributed by atoms with Gasteiger partial charge < -0.3 is 10.0 Å². The standard InChI is InChI=1S/C23H29N3O2/c1-22(2,28)21(27)26-12-9-23(10-13-26)17-25(15-18-6-5-11-24-14-18)16-19-7-3-4-8-20(19)23/h3-8,11,14,28H,9-10,12-13,15-17H2,1-2H3. The van der Waals surface area contributed by atoms with Gasteiger partial charge in [-0.05, 0) is 49.4 Å². The smallest absolute Gasteiger partial charge is 0.253 e. The number of hydrogen-bond acceptors (Lipinski definition) is 4. The van der Waals surface area contributed by atoms with E-state index in [2.05, 4.69) is 40.2 Å². The molecule has 1 aromatic heterocycles. The quantitative estimate of drug-likeness (QED) is 0.891. The normalized spacial score (nSPS) is 19.5. The molecule has 0 bridgehead atoms. The molecule has 0 saturated carbocycles. The molecule has 3 heterocycles.